The summed E-state index contributed by atoms with van der Waals surface area (Å²) in [5.74, 6) is 0.847. The number of benzene rings is 2. The summed E-state index contributed by atoms with van der Waals surface area (Å²) in [5, 5.41) is 3.80. The Bertz CT molecular complexity index is 866. The minimum atomic E-state index is -0.475. The molecule has 1 aromatic heterocycles. The number of aromatic nitrogens is 1. The van der Waals surface area contributed by atoms with Crippen molar-refractivity contribution < 1.29 is 14.3 Å². The Morgan fingerprint density at radius 3 is 2.46 bits per heavy atom. The van der Waals surface area contributed by atoms with E-state index < -0.39 is 6.09 Å². The molecular formula is C19H20N2O3. The Labute approximate surface area is 140 Å². The first kappa shape index (κ1) is 15.9. The standard InChI is InChI=1S/C19H20N2O3/c1-4-21-17-10-9-16(23-2)11-14(17)12-18(21)13-5-7-15(8-6-13)20-19(22)24-3/h5-12H,4H2,1-3H3,(H,20,22). The van der Waals surface area contributed by atoms with Crippen LogP contribution >= 0.6 is 0 Å². The molecular weight excluding hydrogens is 304 g/mol. The van der Waals surface area contributed by atoms with Gasteiger partial charge in [-0.05, 0) is 48.9 Å². The van der Waals surface area contributed by atoms with E-state index in [0.717, 1.165) is 28.9 Å². The fraction of sp³-hybridized carbons (Fsp3) is 0.211. The van der Waals surface area contributed by atoms with Crippen LogP contribution in [0.25, 0.3) is 22.2 Å². The zero-order valence-corrected chi connectivity index (χ0v) is 14.0. The van der Waals surface area contributed by atoms with E-state index in [1.807, 2.05) is 36.4 Å². The number of carbonyl (C=O) groups excluding carboxylic acids is 1. The number of anilines is 1. The van der Waals surface area contributed by atoms with Crippen LogP contribution in [0.15, 0.2) is 48.5 Å². The molecule has 24 heavy (non-hydrogen) atoms. The lowest BCUT2D eigenvalue weighted by Crippen LogP contribution is -2.10. The highest BCUT2D eigenvalue weighted by molar-refractivity contribution is 5.89. The van der Waals surface area contributed by atoms with Gasteiger partial charge in [-0.25, -0.2) is 4.79 Å². The van der Waals surface area contributed by atoms with Gasteiger partial charge in [-0.1, -0.05) is 12.1 Å². The predicted octanol–water partition coefficient (Wildman–Crippen LogP) is 4.52. The molecule has 0 aliphatic heterocycles. The molecule has 5 heteroatoms. The number of methoxy groups -OCH3 is 2. The van der Waals surface area contributed by atoms with Gasteiger partial charge in [0.1, 0.15) is 5.75 Å². The number of hydrogen-bond donors (Lipinski definition) is 1. The first-order chi connectivity index (χ1) is 11.7. The third-order valence-electron chi connectivity index (χ3n) is 4.04. The van der Waals surface area contributed by atoms with E-state index in [1.54, 1.807) is 7.11 Å². The molecule has 2 aromatic carbocycles. The van der Waals surface area contributed by atoms with Crippen LogP contribution in [0.3, 0.4) is 0 Å². The van der Waals surface area contributed by atoms with E-state index in [0.29, 0.717) is 5.69 Å². The second kappa shape index (κ2) is 6.66. The van der Waals surface area contributed by atoms with Gasteiger partial charge in [-0.15, -0.1) is 0 Å². The number of amides is 1. The fourth-order valence-corrected chi connectivity index (χ4v) is 2.85. The monoisotopic (exact) mass is 324 g/mol. The number of nitrogens with one attached hydrogen (secondary N) is 1. The molecule has 1 heterocycles. The number of rotatable bonds is 4. The average Bonchev–Trinajstić information content (AvgIpc) is 2.99. The second-order valence-electron chi connectivity index (χ2n) is 5.39. The van der Waals surface area contributed by atoms with Crippen molar-refractivity contribution in [3.05, 3.63) is 48.5 Å². The molecule has 0 unspecified atom stereocenters. The smallest absolute Gasteiger partial charge is 0.411 e. The summed E-state index contributed by atoms with van der Waals surface area (Å²) < 4.78 is 12.2. The van der Waals surface area contributed by atoms with Crippen LogP contribution in [0.4, 0.5) is 10.5 Å². The number of nitrogens with zero attached hydrogens (tertiary/aromatic N) is 1. The van der Waals surface area contributed by atoms with E-state index in [2.05, 4.69) is 33.7 Å². The van der Waals surface area contributed by atoms with Crippen LogP contribution in [0.2, 0.25) is 0 Å². The molecule has 0 bridgehead atoms. The molecule has 1 N–H and O–H groups in total. The third-order valence-corrected chi connectivity index (χ3v) is 4.04. The van der Waals surface area contributed by atoms with Gasteiger partial charge >= 0.3 is 6.09 Å². The van der Waals surface area contributed by atoms with Crippen molar-refractivity contribution in [2.75, 3.05) is 19.5 Å². The zero-order valence-electron chi connectivity index (χ0n) is 14.0. The number of aryl methyl sites for hydroxylation is 1. The molecule has 0 radical (unpaired) electrons. The molecule has 0 aliphatic rings. The SMILES string of the molecule is CCn1c(-c2ccc(NC(=O)OC)cc2)cc2cc(OC)ccc21. The van der Waals surface area contributed by atoms with Crippen LogP contribution in [-0.4, -0.2) is 24.9 Å². The van der Waals surface area contributed by atoms with Crippen LogP contribution < -0.4 is 10.1 Å². The first-order valence-corrected chi connectivity index (χ1v) is 7.79. The number of fused-ring (bicyclic) bond motifs is 1. The molecule has 0 fully saturated rings. The van der Waals surface area contributed by atoms with E-state index in [9.17, 15) is 4.79 Å². The summed E-state index contributed by atoms with van der Waals surface area (Å²) in [6.45, 7) is 2.99. The van der Waals surface area contributed by atoms with E-state index in [1.165, 1.54) is 12.6 Å². The van der Waals surface area contributed by atoms with Crippen LogP contribution in [0.5, 0.6) is 5.75 Å². The van der Waals surface area contributed by atoms with Gasteiger partial charge in [0, 0.05) is 28.8 Å². The van der Waals surface area contributed by atoms with Gasteiger partial charge in [-0.2, -0.15) is 0 Å². The topological polar surface area (TPSA) is 52.5 Å². The molecule has 0 atom stereocenters. The number of ether oxygens (including phenoxy) is 2. The van der Waals surface area contributed by atoms with Gasteiger partial charge < -0.3 is 14.0 Å². The lowest BCUT2D eigenvalue weighted by molar-refractivity contribution is 0.187. The maximum atomic E-state index is 11.3. The Morgan fingerprint density at radius 2 is 1.83 bits per heavy atom. The van der Waals surface area contributed by atoms with Gasteiger partial charge in [-0.3, -0.25) is 5.32 Å². The lowest BCUT2D eigenvalue weighted by atomic mass is 10.1. The van der Waals surface area contributed by atoms with Gasteiger partial charge in [0.25, 0.3) is 0 Å². The van der Waals surface area contributed by atoms with E-state index in [4.69, 9.17) is 4.74 Å². The van der Waals surface area contributed by atoms with Gasteiger partial charge in [0.05, 0.1) is 14.2 Å². The Hall–Kier alpha value is -2.95. The zero-order chi connectivity index (χ0) is 17.1. The van der Waals surface area contributed by atoms with Crippen molar-refractivity contribution >= 4 is 22.7 Å². The van der Waals surface area contributed by atoms with Crippen molar-refractivity contribution in [3.63, 3.8) is 0 Å². The maximum Gasteiger partial charge on any atom is 0.411 e. The Kier molecular flexibility index (Phi) is 4.42. The highest BCUT2D eigenvalue weighted by atomic mass is 16.5. The minimum absolute atomic E-state index is 0.475. The number of hydrogen-bond acceptors (Lipinski definition) is 3. The van der Waals surface area contributed by atoms with Crippen LogP contribution in [0, 0.1) is 0 Å². The maximum absolute atomic E-state index is 11.3. The Morgan fingerprint density at radius 1 is 1.08 bits per heavy atom. The van der Waals surface area contributed by atoms with E-state index in [-0.39, 0.29) is 0 Å². The molecule has 0 spiro atoms. The van der Waals surface area contributed by atoms with Crippen molar-refractivity contribution in [3.8, 4) is 17.0 Å². The quantitative estimate of drug-likeness (QED) is 0.768. The molecule has 3 aromatic rings. The highest BCUT2D eigenvalue weighted by Gasteiger charge is 2.11. The summed E-state index contributed by atoms with van der Waals surface area (Å²) in [4.78, 5) is 11.3. The molecule has 0 aliphatic carbocycles. The summed E-state index contributed by atoms with van der Waals surface area (Å²) >= 11 is 0. The minimum Gasteiger partial charge on any atom is -0.497 e. The van der Waals surface area contributed by atoms with Crippen molar-refractivity contribution in [1.29, 1.82) is 0 Å². The molecule has 3 rings (SSSR count). The van der Waals surface area contributed by atoms with Crippen molar-refractivity contribution in [1.82, 2.24) is 4.57 Å². The second-order valence-corrected chi connectivity index (χ2v) is 5.39. The molecule has 124 valence electrons. The van der Waals surface area contributed by atoms with Crippen LogP contribution in [0.1, 0.15) is 6.92 Å². The van der Waals surface area contributed by atoms with Gasteiger partial charge in [0.15, 0.2) is 0 Å². The van der Waals surface area contributed by atoms with Crippen molar-refractivity contribution in [2.45, 2.75) is 13.5 Å². The van der Waals surface area contributed by atoms with E-state index >= 15 is 0 Å². The third kappa shape index (κ3) is 2.93. The summed E-state index contributed by atoms with van der Waals surface area (Å²) in [7, 11) is 3.02. The average molecular weight is 324 g/mol. The predicted molar refractivity (Wildman–Crippen MR) is 95.6 cm³/mol. The molecule has 1 amide bonds. The molecule has 0 saturated heterocycles. The highest BCUT2D eigenvalue weighted by Crippen LogP contribution is 2.31. The molecule has 5 nitrogen and oxygen atoms in total. The largest absolute Gasteiger partial charge is 0.497 e. The fourth-order valence-electron chi connectivity index (χ4n) is 2.85. The summed E-state index contributed by atoms with van der Waals surface area (Å²) in [6, 6.07) is 16.0. The van der Waals surface area contributed by atoms with Gasteiger partial charge in [0.2, 0.25) is 0 Å². The van der Waals surface area contributed by atoms with Crippen molar-refractivity contribution in [2.24, 2.45) is 0 Å². The Balaban J connectivity index is 2.00. The lowest BCUT2D eigenvalue weighted by Gasteiger charge is -2.09. The first-order valence-electron chi connectivity index (χ1n) is 7.79. The molecule has 0 saturated carbocycles. The summed E-state index contributed by atoms with van der Waals surface area (Å²) in [6.07, 6.45) is -0.475. The normalized spacial score (nSPS) is 10.6. The van der Waals surface area contributed by atoms with Crippen LogP contribution in [-0.2, 0) is 11.3 Å². The summed E-state index contributed by atoms with van der Waals surface area (Å²) in [5.41, 5.74) is 4.09. The number of carbonyl (C=O) groups is 1.